The molecular formula is C26H22FN5O4S. The summed E-state index contributed by atoms with van der Waals surface area (Å²) < 4.78 is 23.7. The number of aromatic nitrogens is 2. The van der Waals surface area contributed by atoms with Crippen molar-refractivity contribution in [3.05, 3.63) is 100 Å². The smallest absolute Gasteiger partial charge is 0.257 e. The van der Waals surface area contributed by atoms with E-state index in [1.807, 2.05) is 0 Å². The van der Waals surface area contributed by atoms with Crippen LogP contribution in [0.15, 0.2) is 77.9 Å². The van der Waals surface area contributed by atoms with E-state index in [-0.39, 0.29) is 29.2 Å². The fourth-order valence-corrected chi connectivity index (χ4v) is 3.77. The first-order valence-corrected chi connectivity index (χ1v) is 11.9. The highest BCUT2D eigenvalue weighted by Crippen LogP contribution is 2.18. The van der Waals surface area contributed by atoms with Gasteiger partial charge in [0.25, 0.3) is 5.91 Å². The molecule has 0 aliphatic rings. The SMILES string of the molecule is COc1ccc(C(=O)Nc2nnc(CC(=O)N/N=C\c3ccc(OCc4ccc(F)cc4)cc3)s2)cc1. The largest absolute Gasteiger partial charge is 0.497 e. The van der Waals surface area contributed by atoms with Crippen molar-refractivity contribution in [2.24, 2.45) is 5.10 Å². The van der Waals surface area contributed by atoms with E-state index in [0.717, 1.165) is 22.5 Å². The first kappa shape index (κ1) is 25.5. The van der Waals surface area contributed by atoms with Crippen molar-refractivity contribution in [1.82, 2.24) is 15.6 Å². The summed E-state index contributed by atoms with van der Waals surface area (Å²) in [6.45, 7) is 0.322. The average Bonchev–Trinajstić information content (AvgIpc) is 3.35. The number of carbonyl (C=O) groups is 2. The van der Waals surface area contributed by atoms with Gasteiger partial charge < -0.3 is 9.47 Å². The molecule has 2 N–H and O–H groups in total. The molecule has 0 aliphatic heterocycles. The second kappa shape index (κ2) is 12.4. The number of benzene rings is 3. The Hall–Kier alpha value is -4.64. The number of methoxy groups -OCH3 is 1. The third kappa shape index (κ3) is 7.67. The molecule has 0 fully saturated rings. The van der Waals surface area contributed by atoms with Crippen molar-refractivity contribution in [3.63, 3.8) is 0 Å². The quantitative estimate of drug-likeness (QED) is 0.240. The number of hydrazone groups is 1. The summed E-state index contributed by atoms with van der Waals surface area (Å²) in [5, 5.41) is 15.2. The topological polar surface area (TPSA) is 115 Å². The van der Waals surface area contributed by atoms with Crippen molar-refractivity contribution in [3.8, 4) is 11.5 Å². The molecule has 3 aromatic carbocycles. The first-order valence-electron chi connectivity index (χ1n) is 11.1. The van der Waals surface area contributed by atoms with E-state index >= 15 is 0 Å². The molecule has 0 spiro atoms. The van der Waals surface area contributed by atoms with Crippen LogP contribution in [0.1, 0.15) is 26.5 Å². The minimum Gasteiger partial charge on any atom is -0.497 e. The molecule has 0 saturated carbocycles. The zero-order valence-electron chi connectivity index (χ0n) is 19.7. The molecule has 0 radical (unpaired) electrons. The van der Waals surface area contributed by atoms with Gasteiger partial charge in [0.1, 0.15) is 28.9 Å². The van der Waals surface area contributed by atoms with Crippen LogP contribution < -0.4 is 20.2 Å². The summed E-state index contributed by atoms with van der Waals surface area (Å²) in [7, 11) is 1.55. The number of carbonyl (C=O) groups excluding carboxylic acids is 2. The van der Waals surface area contributed by atoms with Crippen LogP contribution in [0.25, 0.3) is 0 Å². The summed E-state index contributed by atoms with van der Waals surface area (Å²) in [5.41, 5.74) is 4.50. The third-order valence-electron chi connectivity index (χ3n) is 4.95. The predicted molar refractivity (Wildman–Crippen MR) is 137 cm³/mol. The van der Waals surface area contributed by atoms with E-state index < -0.39 is 0 Å². The Labute approximate surface area is 216 Å². The van der Waals surface area contributed by atoms with Crippen LogP contribution >= 0.6 is 11.3 Å². The number of amides is 2. The zero-order chi connectivity index (χ0) is 26.0. The van der Waals surface area contributed by atoms with Crippen LogP contribution in [0.2, 0.25) is 0 Å². The Morgan fingerprint density at radius 3 is 2.38 bits per heavy atom. The van der Waals surface area contributed by atoms with Crippen molar-refractivity contribution < 1.29 is 23.5 Å². The van der Waals surface area contributed by atoms with Crippen LogP contribution in [-0.4, -0.2) is 35.3 Å². The van der Waals surface area contributed by atoms with Gasteiger partial charge in [0.2, 0.25) is 11.0 Å². The summed E-state index contributed by atoms with van der Waals surface area (Å²) in [6, 6.07) is 19.9. The number of anilines is 1. The Balaban J connectivity index is 1.21. The van der Waals surface area contributed by atoms with E-state index in [4.69, 9.17) is 9.47 Å². The fourth-order valence-electron chi connectivity index (χ4n) is 3.04. The molecule has 1 heterocycles. The maximum atomic E-state index is 13.0. The number of hydrogen-bond acceptors (Lipinski definition) is 8. The van der Waals surface area contributed by atoms with E-state index in [9.17, 15) is 14.0 Å². The molecule has 0 atom stereocenters. The lowest BCUT2D eigenvalue weighted by Crippen LogP contribution is -2.19. The first-order chi connectivity index (χ1) is 18.0. The Bertz CT molecular complexity index is 1370. The highest BCUT2D eigenvalue weighted by molar-refractivity contribution is 7.15. The molecule has 0 unspecified atom stereocenters. The standard InChI is InChI=1S/C26H22FN5O4S/c1-35-21-12-6-19(7-13-21)25(34)29-26-32-31-24(37-26)14-23(33)30-28-15-17-4-10-22(11-5-17)36-16-18-2-8-20(27)9-3-18/h2-13,15H,14,16H2,1H3,(H,30,33)(H,29,32,34)/b28-15-. The van der Waals surface area contributed by atoms with E-state index in [1.54, 1.807) is 67.8 Å². The molecule has 0 bridgehead atoms. The minimum absolute atomic E-state index is 0.0381. The zero-order valence-corrected chi connectivity index (χ0v) is 20.5. The predicted octanol–water partition coefficient (Wildman–Crippen LogP) is 4.21. The van der Waals surface area contributed by atoms with Gasteiger partial charge in [0, 0.05) is 5.56 Å². The van der Waals surface area contributed by atoms with Crippen molar-refractivity contribution in [1.29, 1.82) is 0 Å². The van der Waals surface area contributed by atoms with Crippen LogP contribution in [0.3, 0.4) is 0 Å². The van der Waals surface area contributed by atoms with Gasteiger partial charge in [-0.25, -0.2) is 9.82 Å². The molecule has 4 aromatic rings. The number of nitrogens with one attached hydrogen (secondary N) is 2. The molecule has 188 valence electrons. The maximum absolute atomic E-state index is 13.0. The van der Waals surface area contributed by atoms with Gasteiger partial charge >= 0.3 is 0 Å². The van der Waals surface area contributed by atoms with E-state index in [2.05, 4.69) is 26.0 Å². The number of rotatable bonds is 10. The van der Waals surface area contributed by atoms with Crippen LogP contribution in [0.5, 0.6) is 11.5 Å². The van der Waals surface area contributed by atoms with Gasteiger partial charge in [-0.1, -0.05) is 23.5 Å². The molecular weight excluding hydrogens is 497 g/mol. The highest BCUT2D eigenvalue weighted by atomic mass is 32.1. The lowest BCUT2D eigenvalue weighted by molar-refractivity contribution is -0.120. The lowest BCUT2D eigenvalue weighted by atomic mass is 10.2. The van der Waals surface area contributed by atoms with E-state index in [1.165, 1.54) is 18.3 Å². The molecule has 1 aromatic heterocycles. The van der Waals surface area contributed by atoms with Gasteiger partial charge in [0.05, 0.1) is 19.7 Å². The number of hydrogen-bond donors (Lipinski definition) is 2. The molecule has 0 aliphatic carbocycles. The van der Waals surface area contributed by atoms with E-state index in [0.29, 0.717) is 28.7 Å². The normalized spacial score (nSPS) is 10.8. The summed E-state index contributed by atoms with van der Waals surface area (Å²) in [5.74, 6) is 0.289. The third-order valence-corrected chi connectivity index (χ3v) is 5.79. The van der Waals surface area contributed by atoms with Gasteiger partial charge in [-0.3, -0.25) is 14.9 Å². The summed E-state index contributed by atoms with van der Waals surface area (Å²) in [4.78, 5) is 24.5. The average molecular weight is 520 g/mol. The molecule has 0 saturated heterocycles. The second-order valence-corrected chi connectivity index (χ2v) is 8.70. The van der Waals surface area contributed by atoms with Gasteiger partial charge in [-0.15, -0.1) is 10.2 Å². The summed E-state index contributed by atoms with van der Waals surface area (Å²) >= 11 is 1.10. The number of ether oxygens (including phenoxy) is 2. The maximum Gasteiger partial charge on any atom is 0.257 e. The van der Waals surface area contributed by atoms with Gasteiger partial charge in [-0.2, -0.15) is 5.10 Å². The van der Waals surface area contributed by atoms with Crippen LogP contribution in [-0.2, 0) is 17.8 Å². The molecule has 37 heavy (non-hydrogen) atoms. The molecule has 9 nitrogen and oxygen atoms in total. The summed E-state index contributed by atoms with van der Waals surface area (Å²) in [6.07, 6.45) is 1.46. The molecule has 2 amide bonds. The monoisotopic (exact) mass is 519 g/mol. The van der Waals surface area contributed by atoms with Gasteiger partial charge in [0.15, 0.2) is 0 Å². The van der Waals surface area contributed by atoms with Crippen molar-refractivity contribution >= 4 is 34.5 Å². The molecule has 11 heteroatoms. The Morgan fingerprint density at radius 1 is 0.973 bits per heavy atom. The molecule has 4 rings (SSSR count). The minimum atomic E-state index is -0.375. The fraction of sp³-hybridized carbons (Fsp3) is 0.115. The lowest BCUT2D eigenvalue weighted by Gasteiger charge is -2.06. The Morgan fingerprint density at radius 2 is 1.68 bits per heavy atom. The number of halogens is 1. The van der Waals surface area contributed by atoms with Crippen LogP contribution in [0, 0.1) is 5.82 Å². The van der Waals surface area contributed by atoms with Crippen molar-refractivity contribution in [2.75, 3.05) is 12.4 Å². The van der Waals surface area contributed by atoms with Crippen molar-refractivity contribution in [2.45, 2.75) is 13.0 Å². The second-order valence-electron chi connectivity index (χ2n) is 7.64. The Kier molecular flexibility index (Phi) is 8.50. The highest BCUT2D eigenvalue weighted by Gasteiger charge is 2.12. The van der Waals surface area contributed by atoms with Gasteiger partial charge in [-0.05, 0) is 71.8 Å². The number of nitrogens with zero attached hydrogens (tertiary/aromatic N) is 3. The van der Waals surface area contributed by atoms with Crippen LogP contribution in [0.4, 0.5) is 9.52 Å².